The maximum atomic E-state index is 12.3. The normalized spacial score (nSPS) is 10.5. The third-order valence-electron chi connectivity index (χ3n) is 4.04. The number of rotatable bonds is 11. The number of carboxylic acids is 1. The monoisotopic (exact) mass is 319 g/mol. The summed E-state index contributed by atoms with van der Waals surface area (Å²) in [5.41, 5.74) is 1.01. The molecule has 0 saturated carbocycles. The lowest BCUT2D eigenvalue weighted by atomic mass is 10.1. The predicted molar refractivity (Wildman–Crippen MR) is 94.0 cm³/mol. The van der Waals surface area contributed by atoms with Gasteiger partial charge >= 0.3 is 5.97 Å². The molecule has 0 bridgehead atoms. The second-order valence-electron chi connectivity index (χ2n) is 5.86. The molecule has 1 aromatic carbocycles. The third-order valence-corrected chi connectivity index (χ3v) is 4.04. The van der Waals surface area contributed by atoms with Crippen molar-refractivity contribution >= 4 is 17.6 Å². The summed E-state index contributed by atoms with van der Waals surface area (Å²) in [6.07, 6.45) is 8.89. The molecule has 0 aromatic heterocycles. The van der Waals surface area contributed by atoms with Crippen LogP contribution in [0.3, 0.4) is 0 Å². The Bertz CT molecular complexity index is 482. The molecule has 0 unspecified atom stereocenters. The van der Waals surface area contributed by atoms with Gasteiger partial charge in [0.05, 0.1) is 5.56 Å². The molecule has 1 N–H and O–H groups in total. The molecule has 0 aliphatic carbocycles. The van der Waals surface area contributed by atoms with E-state index in [1.165, 1.54) is 32.1 Å². The quantitative estimate of drug-likeness (QED) is 0.591. The van der Waals surface area contributed by atoms with Crippen molar-refractivity contribution in [2.24, 2.45) is 0 Å². The molecule has 1 aromatic rings. The highest BCUT2D eigenvalue weighted by Crippen LogP contribution is 2.18. The van der Waals surface area contributed by atoms with Crippen molar-refractivity contribution in [3.63, 3.8) is 0 Å². The van der Waals surface area contributed by atoms with Crippen molar-refractivity contribution in [2.45, 2.75) is 65.2 Å². The number of carboxylic acid groups (broad SMARTS) is 1. The van der Waals surface area contributed by atoms with Crippen molar-refractivity contribution < 1.29 is 14.7 Å². The van der Waals surface area contributed by atoms with Gasteiger partial charge in [0.25, 0.3) is 0 Å². The maximum Gasteiger partial charge on any atom is 0.335 e. The lowest BCUT2D eigenvalue weighted by Gasteiger charge is -2.21. The van der Waals surface area contributed by atoms with Gasteiger partial charge in [-0.3, -0.25) is 4.79 Å². The molecule has 1 amide bonds. The van der Waals surface area contributed by atoms with Crippen LogP contribution >= 0.6 is 0 Å². The standard InChI is InChI=1S/C19H29NO3/c1-3-5-6-7-8-9-10-11-18(21)20(4-2)17-14-12-16(13-15-17)19(22)23/h12-15H,3-11H2,1-2H3,(H,22,23). The number of nitrogens with zero attached hydrogens (tertiary/aromatic N) is 1. The van der Waals surface area contributed by atoms with Crippen LogP contribution in [-0.2, 0) is 4.79 Å². The van der Waals surface area contributed by atoms with E-state index < -0.39 is 5.97 Å². The molecule has 0 spiro atoms. The number of aromatic carboxylic acids is 1. The SMILES string of the molecule is CCCCCCCCCC(=O)N(CC)c1ccc(C(=O)O)cc1. The Balaban J connectivity index is 2.41. The first-order valence-electron chi connectivity index (χ1n) is 8.73. The van der Waals surface area contributed by atoms with Gasteiger partial charge in [0, 0.05) is 18.7 Å². The smallest absolute Gasteiger partial charge is 0.335 e. The zero-order chi connectivity index (χ0) is 17.1. The summed E-state index contributed by atoms with van der Waals surface area (Å²) in [6, 6.07) is 6.49. The second kappa shape index (κ2) is 10.8. The molecule has 4 heteroatoms. The minimum Gasteiger partial charge on any atom is -0.478 e. The first-order valence-corrected chi connectivity index (χ1v) is 8.73. The Hall–Kier alpha value is -1.84. The van der Waals surface area contributed by atoms with E-state index in [0.717, 1.165) is 18.5 Å². The van der Waals surface area contributed by atoms with Crippen LogP contribution in [0.1, 0.15) is 75.6 Å². The molecule has 0 aliphatic rings. The van der Waals surface area contributed by atoms with Crippen molar-refractivity contribution in [1.82, 2.24) is 0 Å². The van der Waals surface area contributed by atoms with E-state index in [0.29, 0.717) is 13.0 Å². The van der Waals surface area contributed by atoms with Gasteiger partial charge < -0.3 is 10.0 Å². The largest absolute Gasteiger partial charge is 0.478 e. The molecule has 4 nitrogen and oxygen atoms in total. The Morgan fingerprint density at radius 3 is 2.00 bits per heavy atom. The Labute approximate surface area is 139 Å². The molecule has 128 valence electrons. The van der Waals surface area contributed by atoms with E-state index in [2.05, 4.69) is 6.92 Å². The maximum absolute atomic E-state index is 12.3. The molecule has 1 rings (SSSR count). The number of unbranched alkanes of at least 4 members (excludes halogenated alkanes) is 6. The van der Waals surface area contributed by atoms with E-state index in [1.54, 1.807) is 29.2 Å². The van der Waals surface area contributed by atoms with Crippen LogP contribution in [-0.4, -0.2) is 23.5 Å². The molecular weight excluding hydrogens is 290 g/mol. The molecule has 23 heavy (non-hydrogen) atoms. The molecule has 0 atom stereocenters. The minimum atomic E-state index is -0.950. The van der Waals surface area contributed by atoms with Crippen LogP contribution in [0.4, 0.5) is 5.69 Å². The predicted octanol–water partition coefficient (Wildman–Crippen LogP) is 4.88. The Morgan fingerprint density at radius 1 is 0.913 bits per heavy atom. The van der Waals surface area contributed by atoms with Gasteiger partial charge in [0.15, 0.2) is 0 Å². The highest BCUT2D eigenvalue weighted by molar-refractivity contribution is 5.94. The Morgan fingerprint density at radius 2 is 1.48 bits per heavy atom. The molecule has 0 radical (unpaired) electrons. The molecule has 0 saturated heterocycles. The van der Waals surface area contributed by atoms with E-state index in [1.807, 2.05) is 6.92 Å². The van der Waals surface area contributed by atoms with Crippen molar-refractivity contribution in [2.75, 3.05) is 11.4 Å². The third kappa shape index (κ3) is 6.85. The summed E-state index contributed by atoms with van der Waals surface area (Å²) < 4.78 is 0. The lowest BCUT2D eigenvalue weighted by Crippen LogP contribution is -2.30. The fourth-order valence-corrected chi connectivity index (χ4v) is 2.66. The topological polar surface area (TPSA) is 57.6 Å². The zero-order valence-electron chi connectivity index (χ0n) is 14.4. The fraction of sp³-hybridized carbons (Fsp3) is 0.579. The molecule has 0 aliphatic heterocycles. The zero-order valence-corrected chi connectivity index (χ0v) is 14.4. The van der Waals surface area contributed by atoms with Crippen molar-refractivity contribution in [3.05, 3.63) is 29.8 Å². The van der Waals surface area contributed by atoms with Gasteiger partial charge in [-0.1, -0.05) is 45.4 Å². The van der Waals surface area contributed by atoms with Crippen molar-refractivity contribution in [1.29, 1.82) is 0 Å². The van der Waals surface area contributed by atoms with Crippen LogP contribution < -0.4 is 4.90 Å². The summed E-state index contributed by atoms with van der Waals surface area (Å²) >= 11 is 0. The first-order chi connectivity index (χ1) is 11.1. The number of hydrogen-bond donors (Lipinski definition) is 1. The highest BCUT2D eigenvalue weighted by Gasteiger charge is 2.14. The number of hydrogen-bond acceptors (Lipinski definition) is 2. The van der Waals surface area contributed by atoms with Crippen LogP contribution in [0.15, 0.2) is 24.3 Å². The van der Waals surface area contributed by atoms with Crippen LogP contribution in [0.25, 0.3) is 0 Å². The second-order valence-corrected chi connectivity index (χ2v) is 5.86. The fourth-order valence-electron chi connectivity index (χ4n) is 2.66. The van der Waals surface area contributed by atoms with Crippen molar-refractivity contribution in [3.8, 4) is 0 Å². The van der Waals surface area contributed by atoms with Gasteiger partial charge in [-0.25, -0.2) is 4.79 Å². The number of carbonyl (C=O) groups excluding carboxylic acids is 1. The summed E-state index contributed by atoms with van der Waals surface area (Å²) in [7, 11) is 0. The van der Waals surface area contributed by atoms with Crippen LogP contribution in [0.5, 0.6) is 0 Å². The molecular formula is C19H29NO3. The number of benzene rings is 1. The highest BCUT2D eigenvalue weighted by atomic mass is 16.4. The van der Waals surface area contributed by atoms with E-state index in [4.69, 9.17) is 5.11 Å². The van der Waals surface area contributed by atoms with E-state index in [-0.39, 0.29) is 11.5 Å². The molecule has 0 heterocycles. The van der Waals surface area contributed by atoms with Gasteiger partial charge in [0.1, 0.15) is 0 Å². The Kier molecular flexibility index (Phi) is 9.03. The van der Waals surface area contributed by atoms with Crippen LogP contribution in [0.2, 0.25) is 0 Å². The number of amides is 1. The first kappa shape index (κ1) is 19.2. The number of carbonyl (C=O) groups is 2. The van der Waals surface area contributed by atoms with Gasteiger partial charge in [-0.15, -0.1) is 0 Å². The lowest BCUT2D eigenvalue weighted by molar-refractivity contribution is -0.118. The molecule has 0 fully saturated rings. The van der Waals surface area contributed by atoms with E-state index >= 15 is 0 Å². The van der Waals surface area contributed by atoms with E-state index in [9.17, 15) is 9.59 Å². The van der Waals surface area contributed by atoms with Gasteiger partial charge in [-0.2, -0.15) is 0 Å². The van der Waals surface area contributed by atoms with Gasteiger partial charge in [-0.05, 0) is 37.6 Å². The summed E-state index contributed by atoms with van der Waals surface area (Å²) in [5.74, 6) is -0.835. The summed E-state index contributed by atoms with van der Waals surface area (Å²) in [4.78, 5) is 24.9. The average Bonchev–Trinajstić information content (AvgIpc) is 2.55. The van der Waals surface area contributed by atoms with Gasteiger partial charge in [0.2, 0.25) is 5.91 Å². The minimum absolute atomic E-state index is 0.115. The van der Waals surface area contributed by atoms with Crippen LogP contribution in [0, 0.1) is 0 Å². The summed E-state index contributed by atoms with van der Waals surface area (Å²) in [5, 5.41) is 8.92. The number of anilines is 1. The average molecular weight is 319 g/mol. The summed E-state index contributed by atoms with van der Waals surface area (Å²) in [6.45, 7) is 4.75.